The number of carbonyl (C=O) groups is 1. The summed E-state index contributed by atoms with van der Waals surface area (Å²) in [6.45, 7) is 10.2. The Balaban J connectivity index is 1.66. The zero-order chi connectivity index (χ0) is 18.0. The third kappa shape index (κ3) is 4.12. The van der Waals surface area contributed by atoms with Crippen LogP contribution in [0.4, 0.5) is 0 Å². The van der Waals surface area contributed by atoms with Crippen LogP contribution in [-0.4, -0.2) is 28.9 Å². The Bertz CT molecular complexity index is 740. The molecule has 0 atom stereocenters. The molecule has 1 aliphatic heterocycles. The molecule has 2 aromatic rings. The SMILES string of the molecule is Cc1cccc(-c2nc(CC(=O)N3CCC(C(C)C)CC3)c(C)o2)c1. The first-order valence-electron chi connectivity index (χ1n) is 9.25. The molecule has 1 amide bonds. The van der Waals surface area contributed by atoms with Gasteiger partial charge >= 0.3 is 0 Å². The second kappa shape index (κ2) is 7.42. The molecule has 25 heavy (non-hydrogen) atoms. The minimum Gasteiger partial charge on any atom is -0.441 e. The Morgan fingerprint density at radius 2 is 2.00 bits per heavy atom. The van der Waals surface area contributed by atoms with Crippen LogP contribution in [-0.2, 0) is 11.2 Å². The van der Waals surface area contributed by atoms with Crippen LogP contribution in [0.5, 0.6) is 0 Å². The molecule has 134 valence electrons. The molecule has 0 unspecified atom stereocenters. The predicted octanol–water partition coefficient (Wildman–Crippen LogP) is 4.40. The van der Waals surface area contributed by atoms with Crippen LogP contribution in [0.2, 0.25) is 0 Å². The van der Waals surface area contributed by atoms with E-state index in [0.717, 1.165) is 48.9 Å². The standard InChI is InChI=1S/C21H28N2O2/c1-14(2)17-8-10-23(11-9-17)20(24)13-19-16(4)25-21(22-19)18-7-5-6-15(3)12-18/h5-7,12,14,17H,8-11,13H2,1-4H3. The van der Waals surface area contributed by atoms with Gasteiger partial charge in [0.25, 0.3) is 0 Å². The summed E-state index contributed by atoms with van der Waals surface area (Å²) >= 11 is 0. The largest absolute Gasteiger partial charge is 0.441 e. The predicted molar refractivity (Wildman–Crippen MR) is 99.3 cm³/mol. The van der Waals surface area contributed by atoms with Gasteiger partial charge in [0, 0.05) is 18.7 Å². The van der Waals surface area contributed by atoms with E-state index in [-0.39, 0.29) is 5.91 Å². The van der Waals surface area contributed by atoms with Crippen molar-refractivity contribution in [1.82, 2.24) is 9.88 Å². The van der Waals surface area contributed by atoms with Crippen molar-refractivity contribution in [1.29, 1.82) is 0 Å². The zero-order valence-corrected chi connectivity index (χ0v) is 15.7. The molecule has 4 nitrogen and oxygen atoms in total. The Hall–Kier alpha value is -2.10. The van der Waals surface area contributed by atoms with E-state index in [1.807, 2.05) is 43.0 Å². The van der Waals surface area contributed by atoms with Gasteiger partial charge in [0.2, 0.25) is 11.8 Å². The lowest BCUT2D eigenvalue weighted by atomic mass is 9.86. The molecule has 0 spiro atoms. The zero-order valence-electron chi connectivity index (χ0n) is 15.7. The molecule has 0 radical (unpaired) electrons. The van der Waals surface area contributed by atoms with Crippen LogP contribution < -0.4 is 0 Å². The van der Waals surface area contributed by atoms with Crippen molar-refractivity contribution in [2.24, 2.45) is 11.8 Å². The summed E-state index contributed by atoms with van der Waals surface area (Å²) in [5.41, 5.74) is 2.88. The van der Waals surface area contributed by atoms with Gasteiger partial charge in [-0.2, -0.15) is 0 Å². The molecule has 0 bridgehead atoms. The first-order valence-corrected chi connectivity index (χ1v) is 9.25. The van der Waals surface area contributed by atoms with Crippen molar-refractivity contribution in [3.05, 3.63) is 41.3 Å². The van der Waals surface area contributed by atoms with E-state index in [1.165, 1.54) is 5.56 Å². The topological polar surface area (TPSA) is 46.3 Å². The lowest BCUT2D eigenvalue weighted by Gasteiger charge is -2.33. The van der Waals surface area contributed by atoms with Crippen molar-refractivity contribution < 1.29 is 9.21 Å². The van der Waals surface area contributed by atoms with E-state index in [9.17, 15) is 4.79 Å². The Kier molecular flexibility index (Phi) is 5.26. The Morgan fingerprint density at radius 3 is 2.64 bits per heavy atom. The molecular weight excluding hydrogens is 312 g/mol. The van der Waals surface area contributed by atoms with Crippen molar-refractivity contribution in [3.63, 3.8) is 0 Å². The van der Waals surface area contributed by atoms with Gasteiger partial charge in [-0.25, -0.2) is 4.98 Å². The number of carbonyl (C=O) groups excluding carboxylic acids is 1. The molecule has 1 saturated heterocycles. The Morgan fingerprint density at radius 1 is 1.28 bits per heavy atom. The number of hydrogen-bond donors (Lipinski definition) is 0. The van der Waals surface area contributed by atoms with Gasteiger partial charge in [0.15, 0.2) is 0 Å². The number of hydrogen-bond acceptors (Lipinski definition) is 3. The Labute approximate surface area is 150 Å². The maximum atomic E-state index is 12.6. The average molecular weight is 340 g/mol. The second-order valence-corrected chi connectivity index (χ2v) is 7.53. The van der Waals surface area contributed by atoms with Crippen molar-refractivity contribution in [2.45, 2.75) is 47.0 Å². The van der Waals surface area contributed by atoms with Crippen LogP contribution in [0.15, 0.2) is 28.7 Å². The van der Waals surface area contributed by atoms with Crippen LogP contribution >= 0.6 is 0 Å². The van der Waals surface area contributed by atoms with Crippen LogP contribution in [0.25, 0.3) is 11.5 Å². The van der Waals surface area contributed by atoms with E-state index in [0.29, 0.717) is 18.2 Å². The second-order valence-electron chi connectivity index (χ2n) is 7.53. The minimum atomic E-state index is 0.161. The third-order valence-corrected chi connectivity index (χ3v) is 5.31. The van der Waals surface area contributed by atoms with Gasteiger partial charge in [0.1, 0.15) is 5.76 Å². The molecule has 3 rings (SSSR count). The smallest absolute Gasteiger partial charge is 0.228 e. The number of benzene rings is 1. The molecule has 1 fully saturated rings. The van der Waals surface area contributed by atoms with E-state index in [1.54, 1.807) is 0 Å². The summed E-state index contributed by atoms with van der Waals surface area (Å²) in [4.78, 5) is 19.2. The van der Waals surface area contributed by atoms with E-state index >= 15 is 0 Å². The first kappa shape index (κ1) is 17.7. The van der Waals surface area contributed by atoms with E-state index < -0.39 is 0 Å². The summed E-state index contributed by atoms with van der Waals surface area (Å²) < 4.78 is 5.81. The molecule has 1 aromatic heterocycles. The fourth-order valence-corrected chi connectivity index (χ4v) is 3.56. The number of rotatable bonds is 4. The molecular formula is C21H28N2O2. The fourth-order valence-electron chi connectivity index (χ4n) is 3.56. The quantitative estimate of drug-likeness (QED) is 0.829. The molecule has 1 aliphatic rings. The van der Waals surface area contributed by atoms with E-state index in [4.69, 9.17) is 4.42 Å². The normalized spacial score (nSPS) is 15.8. The molecule has 0 aliphatic carbocycles. The monoisotopic (exact) mass is 340 g/mol. The highest BCUT2D eigenvalue weighted by Crippen LogP contribution is 2.26. The number of amides is 1. The van der Waals surface area contributed by atoms with Gasteiger partial charge in [-0.3, -0.25) is 4.79 Å². The molecule has 0 N–H and O–H groups in total. The summed E-state index contributed by atoms with van der Waals surface area (Å²) in [6.07, 6.45) is 2.54. The highest BCUT2D eigenvalue weighted by atomic mass is 16.4. The highest BCUT2D eigenvalue weighted by molar-refractivity contribution is 5.78. The van der Waals surface area contributed by atoms with Gasteiger partial charge in [-0.05, 0) is 50.7 Å². The lowest BCUT2D eigenvalue weighted by Crippen LogP contribution is -2.40. The molecule has 1 aromatic carbocycles. The number of aryl methyl sites for hydroxylation is 2. The average Bonchev–Trinajstić information content (AvgIpc) is 2.96. The van der Waals surface area contributed by atoms with Gasteiger partial charge < -0.3 is 9.32 Å². The summed E-state index contributed by atoms with van der Waals surface area (Å²) in [5.74, 6) is 2.94. The summed E-state index contributed by atoms with van der Waals surface area (Å²) in [5, 5.41) is 0. The maximum Gasteiger partial charge on any atom is 0.228 e. The van der Waals surface area contributed by atoms with Crippen molar-refractivity contribution in [2.75, 3.05) is 13.1 Å². The lowest BCUT2D eigenvalue weighted by molar-refractivity contribution is -0.132. The van der Waals surface area contributed by atoms with Crippen LogP contribution in [0, 0.1) is 25.7 Å². The number of likely N-dealkylation sites (tertiary alicyclic amines) is 1. The van der Waals surface area contributed by atoms with Gasteiger partial charge in [-0.15, -0.1) is 0 Å². The van der Waals surface area contributed by atoms with Crippen LogP contribution in [0.3, 0.4) is 0 Å². The number of aromatic nitrogens is 1. The van der Waals surface area contributed by atoms with Gasteiger partial charge in [0.05, 0.1) is 12.1 Å². The summed E-state index contributed by atoms with van der Waals surface area (Å²) in [7, 11) is 0. The summed E-state index contributed by atoms with van der Waals surface area (Å²) in [6, 6.07) is 8.08. The number of piperidine rings is 1. The molecule has 4 heteroatoms. The van der Waals surface area contributed by atoms with Gasteiger partial charge in [-0.1, -0.05) is 31.5 Å². The number of oxazole rings is 1. The minimum absolute atomic E-state index is 0.161. The number of nitrogens with zero attached hydrogens (tertiary/aromatic N) is 2. The van der Waals surface area contributed by atoms with Crippen molar-refractivity contribution in [3.8, 4) is 11.5 Å². The molecule has 2 heterocycles. The highest BCUT2D eigenvalue weighted by Gasteiger charge is 2.25. The maximum absolute atomic E-state index is 12.6. The van der Waals surface area contributed by atoms with Crippen LogP contribution in [0.1, 0.15) is 43.7 Å². The fraction of sp³-hybridized carbons (Fsp3) is 0.524. The first-order chi connectivity index (χ1) is 11.9. The third-order valence-electron chi connectivity index (χ3n) is 5.31. The van der Waals surface area contributed by atoms with Crippen molar-refractivity contribution >= 4 is 5.91 Å². The molecule has 0 saturated carbocycles. The van der Waals surface area contributed by atoms with E-state index in [2.05, 4.69) is 18.8 Å².